The summed E-state index contributed by atoms with van der Waals surface area (Å²) in [5.41, 5.74) is 0.580. The lowest BCUT2D eigenvalue weighted by molar-refractivity contribution is 0.154. The van der Waals surface area contributed by atoms with Gasteiger partial charge in [-0.2, -0.15) is 11.8 Å². The molecule has 1 heterocycles. The summed E-state index contributed by atoms with van der Waals surface area (Å²) < 4.78 is 0. The van der Waals surface area contributed by atoms with E-state index in [9.17, 15) is 0 Å². The molecule has 1 nitrogen and oxygen atoms in total. The third kappa shape index (κ3) is 4.14. The predicted molar refractivity (Wildman–Crippen MR) is 86.9 cm³/mol. The molecule has 0 aromatic carbocycles. The van der Waals surface area contributed by atoms with E-state index in [1.54, 1.807) is 0 Å². The topological polar surface area (TPSA) is 3.24 Å². The van der Waals surface area contributed by atoms with Crippen molar-refractivity contribution in [3.63, 3.8) is 0 Å². The second kappa shape index (κ2) is 7.54. The Balaban J connectivity index is 1.91. The summed E-state index contributed by atoms with van der Waals surface area (Å²) >= 11 is 6.02. The Hall–Kier alpha value is 0.790. The first-order valence-electron chi connectivity index (χ1n) is 7.68. The average Bonchev–Trinajstić information content (AvgIpc) is 2.65. The van der Waals surface area contributed by atoms with Gasteiger partial charge < -0.3 is 4.90 Å². The molecule has 0 amide bonds. The second-order valence-corrected chi connectivity index (χ2v) is 8.15. The lowest BCUT2D eigenvalue weighted by Gasteiger charge is -2.40. The molecule has 1 saturated carbocycles. The van der Waals surface area contributed by atoms with Crippen LogP contribution in [-0.2, 0) is 0 Å². The van der Waals surface area contributed by atoms with Crippen LogP contribution in [0, 0.1) is 5.41 Å². The highest BCUT2D eigenvalue weighted by Crippen LogP contribution is 2.38. The number of rotatable bonds is 4. The van der Waals surface area contributed by atoms with Gasteiger partial charge >= 0.3 is 0 Å². The first kappa shape index (κ1) is 15.2. The van der Waals surface area contributed by atoms with Crippen molar-refractivity contribution in [3.8, 4) is 0 Å². The zero-order valence-electron chi connectivity index (χ0n) is 11.8. The van der Waals surface area contributed by atoms with Crippen LogP contribution in [0.4, 0.5) is 0 Å². The Bertz CT molecular complexity index is 239. The molecule has 2 aliphatic rings. The van der Waals surface area contributed by atoms with Crippen LogP contribution in [0.15, 0.2) is 0 Å². The maximum atomic E-state index is 3.83. The fraction of sp³-hybridized carbons (Fsp3) is 1.00. The Kier molecular flexibility index (Phi) is 6.36. The van der Waals surface area contributed by atoms with Crippen LogP contribution in [0.1, 0.15) is 51.9 Å². The highest BCUT2D eigenvalue weighted by Gasteiger charge is 2.33. The molecule has 1 atom stereocenters. The molecule has 0 N–H and O–H groups in total. The number of hydrogen-bond acceptors (Lipinski definition) is 2. The predicted octanol–water partition coefficient (Wildman–Crippen LogP) is 4.55. The van der Waals surface area contributed by atoms with Crippen molar-refractivity contribution in [2.45, 2.75) is 57.1 Å². The summed E-state index contributed by atoms with van der Waals surface area (Å²) in [6, 6.07) is 0. The van der Waals surface area contributed by atoms with E-state index in [0.717, 1.165) is 5.25 Å². The number of nitrogens with zero attached hydrogens (tertiary/aromatic N) is 1. The molecule has 0 spiro atoms. The van der Waals surface area contributed by atoms with E-state index in [2.05, 4.69) is 39.5 Å². The highest BCUT2D eigenvalue weighted by atomic mass is 79.9. The standard InChI is InChI=1S/C15H28BrNS/c1-2-14-11-17(9-10-18-14)13-15(12-16)7-5-3-4-6-8-15/h14H,2-13H2,1H3. The Labute approximate surface area is 126 Å². The van der Waals surface area contributed by atoms with Gasteiger partial charge in [-0.25, -0.2) is 0 Å². The van der Waals surface area contributed by atoms with Crippen LogP contribution in [0.5, 0.6) is 0 Å². The first-order chi connectivity index (χ1) is 8.78. The Morgan fingerprint density at radius 3 is 2.56 bits per heavy atom. The van der Waals surface area contributed by atoms with Crippen molar-refractivity contribution in [2.75, 3.05) is 30.7 Å². The number of hydrogen-bond donors (Lipinski definition) is 0. The summed E-state index contributed by atoms with van der Waals surface area (Å²) in [6.45, 7) is 6.33. The van der Waals surface area contributed by atoms with Gasteiger partial charge in [-0.1, -0.05) is 48.5 Å². The molecule has 0 aromatic heterocycles. The number of thioether (sulfide) groups is 1. The third-order valence-corrected chi connectivity index (χ3v) is 7.25. The lowest BCUT2D eigenvalue weighted by atomic mass is 9.82. The van der Waals surface area contributed by atoms with Gasteiger partial charge in [-0.3, -0.25) is 0 Å². The van der Waals surface area contributed by atoms with Crippen molar-refractivity contribution in [2.24, 2.45) is 5.41 Å². The van der Waals surface area contributed by atoms with Gasteiger partial charge in [-0.05, 0) is 24.7 Å². The Morgan fingerprint density at radius 1 is 1.22 bits per heavy atom. The van der Waals surface area contributed by atoms with Crippen molar-refractivity contribution >= 4 is 27.7 Å². The molecule has 0 bridgehead atoms. The van der Waals surface area contributed by atoms with Gasteiger partial charge in [-0.15, -0.1) is 0 Å². The van der Waals surface area contributed by atoms with E-state index in [1.165, 1.54) is 75.7 Å². The summed E-state index contributed by atoms with van der Waals surface area (Å²) in [7, 11) is 0. The molecule has 1 saturated heterocycles. The smallest absolute Gasteiger partial charge is 0.0172 e. The van der Waals surface area contributed by atoms with Gasteiger partial charge in [0.05, 0.1) is 0 Å². The maximum Gasteiger partial charge on any atom is 0.0172 e. The molecule has 1 unspecified atom stereocenters. The van der Waals surface area contributed by atoms with Crippen molar-refractivity contribution in [1.29, 1.82) is 0 Å². The van der Waals surface area contributed by atoms with E-state index in [4.69, 9.17) is 0 Å². The molecule has 1 aliphatic heterocycles. The van der Waals surface area contributed by atoms with Crippen LogP contribution in [-0.4, -0.2) is 40.9 Å². The van der Waals surface area contributed by atoms with Crippen molar-refractivity contribution in [3.05, 3.63) is 0 Å². The normalized spacial score (nSPS) is 30.0. The van der Waals surface area contributed by atoms with Gasteiger partial charge in [0.2, 0.25) is 0 Å². The van der Waals surface area contributed by atoms with E-state index in [0.29, 0.717) is 5.41 Å². The summed E-state index contributed by atoms with van der Waals surface area (Å²) in [5.74, 6) is 1.34. The summed E-state index contributed by atoms with van der Waals surface area (Å²) in [6.07, 6.45) is 10.0. The number of alkyl halides is 1. The van der Waals surface area contributed by atoms with Gasteiger partial charge in [0.25, 0.3) is 0 Å². The summed E-state index contributed by atoms with van der Waals surface area (Å²) in [4.78, 5) is 2.76. The second-order valence-electron chi connectivity index (χ2n) is 6.18. The zero-order valence-corrected chi connectivity index (χ0v) is 14.2. The van der Waals surface area contributed by atoms with E-state index in [-0.39, 0.29) is 0 Å². The minimum Gasteiger partial charge on any atom is -0.301 e. The molecular formula is C15H28BrNS. The molecular weight excluding hydrogens is 306 g/mol. The summed E-state index contributed by atoms with van der Waals surface area (Å²) in [5, 5.41) is 2.09. The van der Waals surface area contributed by atoms with Crippen molar-refractivity contribution < 1.29 is 0 Å². The Morgan fingerprint density at radius 2 is 1.94 bits per heavy atom. The molecule has 0 aromatic rings. The fourth-order valence-corrected chi connectivity index (χ4v) is 5.44. The van der Waals surface area contributed by atoms with Gasteiger partial charge in [0.15, 0.2) is 0 Å². The van der Waals surface area contributed by atoms with Crippen LogP contribution in [0.25, 0.3) is 0 Å². The molecule has 3 heteroatoms. The fourth-order valence-electron chi connectivity index (χ4n) is 3.46. The number of halogens is 1. The van der Waals surface area contributed by atoms with Crippen LogP contribution >= 0.6 is 27.7 Å². The quantitative estimate of drug-likeness (QED) is 0.548. The largest absolute Gasteiger partial charge is 0.301 e. The zero-order chi connectivity index (χ0) is 12.8. The van der Waals surface area contributed by atoms with E-state index in [1.807, 2.05) is 0 Å². The molecule has 0 radical (unpaired) electrons. The highest BCUT2D eigenvalue weighted by molar-refractivity contribution is 9.09. The third-order valence-electron chi connectivity index (χ3n) is 4.68. The first-order valence-corrected chi connectivity index (χ1v) is 9.85. The van der Waals surface area contributed by atoms with Crippen LogP contribution in [0.2, 0.25) is 0 Å². The van der Waals surface area contributed by atoms with E-state index < -0.39 is 0 Å². The minimum absolute atomic E-state index is 0.580. The van der Waals surface area contributed by atoms with Gasteiger partial charge in [0.1, 0.15) is 0 Å². The van der Waals surface area contributed by atoms with Crippen LogP contribution in [0.3, 0.4) is 0 Å². The SMILES string of the molecule is CCC1CN(CC2(CBr)CCCCCC2)CCS1. The van der Waals surface area contributed by atoms with Crippen molar-refractivity contribution in [1.82, 2.24) is 4.90 Å². The average molecular weight is 334 g/mol. The van der Waals surface area contributed by atoms with E-state index >= 15 is 0 Å². The molecule has 2 fully saturated rings. The van der Waals surface area contributed by atoms with Gasteiger partial charge in [0, 0.05) is 36.0 Å². The molecule has 1 aliphatic carbocycles. The molecule has 2 rings (SSSR count). The molecule has 18 heavy (non-hydrogen) atoms. The lowest BCUT2D eigenvalue weighted by Crippen LogP contribution is -2.45. The monoisotopic (exact) mass is 333 g/mol. The molecule has 106 valence electrons. The maximum absolute atomic E-state index is 3.83. The van der Waals surface area contributed by atoms with Crippen LogP contribution < -0.4 is 0 Å². The minimum atomic E-state index is 0.580.